The van der Waals surface area contributed by atoms with Crippen molar-refractivity contribution in [3.63, 3.8) is 0 Å². The van der Waals surface area contributed by atoms with Gasteiger partial charge in [-0.1, -0.05) is 12.1 Å². The zero-order chi connectivity index (χ0) is 13.9. The maximum atomic E-state index is 12.3. The SMILES string of the molecule is NCCc1nnc(-c2ccccc2OC(F)(F)F)[nH]1. The maximum absolute atomic E-state index is 12.3. The second-order valence-electron chi connectivity index (χ2n) is 3.70. The van der Waals surface area contributed by atoms with Crippen molar-refractivity contribution in [1.82, 2.24) is 15.2 Å². The topological polar surface area (TPSA) is 76.8 Å². The Labute approximate surface area is 106 Å². The van der Waals surface area contributed by atoms with E-state index in [9.17, 15) is 13.2 Å². The van der Waals surface area contributed by atoms with Crippen LogP contribution in [0.2, 0.25) is 0 Å². The second kappa shape index (κ2) is 5.27. The van der Waals surface area contributed by atoms with Gasteiger partial charge in [-0.15, -0.1) is 23.4 Å². The Bertz CT molecular complexity index is 553. The van der Waals surface area contributed by atoms with Crippen LogP contribution in [0.4, 0.5) is 13.2 Å². The lowest BCUT2D eigenvalue weighted by Crippen LogP contribution is -2.17. The minimum Gasteiger partial charge on any atom is -0.405 e. The van der Waals surface area contributed by atoms with E-state index in [2.05, 4.69) is 19.9 Å². The number of hydrogen-bond donors (Lipinski definition) is 2. The van der Waals surface area contributed by atoms with Gasteiger partial charge in [-0.05, 0) is 18.7 Å². The fourth-order valence-corrected chi connectivity index (χ4v) is 1.54. The first-order chi connectivity index (χ1) is 8.99. The van der Waals surface area contributed by atoms with Crippen LogP contribution in [0.25, 0.3) is 11.4 Å². The van der Waals surface area contributed by atoms with Crippen molar-refractivity contribution in [2.45, 2.75) is 12.8 Å². The largest absolute Gasteiger partial charge is 0.573 e. The quantitative estimate of drug-likeness (QED) is 0.890. The van der Waals surface area contributed by atoms with Gasteiger partial charge in [-0.25, -0.2) is 0 Å². The Kier molecular flexibility index (Phi) is 3.70. The van der Waals surface area contributed by atoms with Crippen LogP contribution in [0.1, 0.15) is 5.82 Å². The average molecular weight is 272 g/mol. The fraction of sp³-hybridized carbons (Fsp3) is 0.273. The van der Waals surface area contributed by atoms with Crippen molar-refractivity contribution >= 4 is 0 Å². The summed E-state index contributed by atoms with van der Waals surface area (Å²) in [6, 6.07) is 5.72. The maximum Gasteiger partial charge on any atom is 0.573 e. The molecule has 0 bridgehead atoms. The summed E-state index contributed by atoms with van der Waals surface area (Å²) in [6.45, 7) is 0.370. The van der Waals surface area contributed by atoms with Crippen LogP contribution in [-0.2, 0) is 6.42 Å². The van der Waals surface area contributed by atoms with Crippen LogP contribution in [0, 0.1) is 0 Å². The van der Waals surface area contributed by atoms with Crippen LogP contribution in [-0.4, -0.2) is 28.1 Å². The van der Waals surface area contributed by atoms with Crippen molar-refractivity contribution < 1.29 is 17.9 Å². The highest BCUT2D eigenvalue weighted by atomic mass is 19.4. The standard InChI is InChI=1S/C11H11F3N4O/c12-11(13,14)19-8-4-2-1-3-7(8)10-16-9(5-6-15)17-18-10/h1-4H,5-6,15H2,(H,16,17,18). The molecule has 1 aromatic heterocycles. The van der Waals surface area contributed by atoms with E-state index in [4.69, 9.17) is 5.73 Å². The molecule has 102 valence electrons. The van der Waals surface area contributed by atoms with Gasteiger partial charge in [0.25, 0.3) is 0 Å². The summed E-state index contributed by atoms with van der Waals surface area (Å²) in [5, 5.41) is 7.58. The highest BCUT2D eigenvalue weighted by Gasteiger charge is 2.32. The van der Waals surface area contributed by atoms with Crippen molar-refractivity contribution in [1.29, 1.82) is 0 Å². The Morgan fingerprint density at radius 2 is 1.95 bits per heavy atom. The number of nitrogens with zero attached hydrogens (tertiary/aromatic N) is 2. The number of alkyl halides is 3. The van der Waals surface area contributed by atoms with Gasteiger partial charge in [0.15, 0.2) is 5.82 Å². The molecule has 0 amide bonds. The first-order valence-electron chi connectivity index (χ1n) is 5.46. The Hall–Kier alpha value is -2.09. The molecule has 1 heterocycles. The molecule has 1 aromatic carbocycles. The molecule has 2 rings (SSSR count). The summed E-state index contributed by atoms with van der Waals surface area (Å²) in [6.07, 6.45) is -4.29. The van der Waals surface area contributed by atoms with Gasteiger partial charge in [0, 0.05) is 6.42 Å². The van der Waals surface area contributed by atoms with E-state index in [1.807, 2.05) is 0 Å². The average Bonchev–Trinajstić information content (AvgIpc) is 2.76. The van der Waals surface area contributed by atoms with Gasteiger partial charge < -0.3 is 15.5 Å². The number of nitrogens with two attached hydrogens (primary N) is 1. The van der Waals surface area contributed by atoms with Gasteiger partial charge in [0.2, 0.25) is 0 Å². The van der Waals surface area contributed by atoms with Gasteiger partial charge in [0.1, 0.15) is 11.6 Å². The Morgan fingerprint density at radius 1 is 1.21 bits per heavy atom. The smallest absolute Gasteiger partial charge is 0.405 e. The second-order valence-corrected chi connectivity index (χ2v) is 3.70. The first-order valence-corrected chi connectivity index (χ1v) is 5.46. The molecule has 0 radical (unpaired) electrons. The number of aromatic nitrogens is 3. The molecule has 5 nitrogen and oxygen atoms in total. The van der Waals surface area contributed by atoms with Crippen LogP contribution in [0.3, 0.4) is 0 Å². The minimum absolute atomic E-state index is 0.190. The number of hydrogen-bond acceptors (Lipinski definition) is 4. The monoisotopic (exact) mass is 272 g/mol. The number of halogens is 3. The van der Waals surface area contributed by atoms with Crippen molar-refractivity contribution in [3.8, 4) is 17.1 Å². The van der Waals surface area contributed by atoms with E-state index in [1.165, 1.54) is 18.2 Å². The first kappa shape index (κ1) is 13.3. The van der Waals surface area contributed by atoms with Crippen molar-refractivity contribution in [2.24, 2.45) is 5.73 Å². The molecule has 0 aliphatic carbocycles. The molecule has 3 N–H and O–H groups in total. The molecule has 0 unspecified atom stereocenters. The molecule has 2 aromatic rings. The summed E-state index contributed by atoms with van der Waals surface area (Å²) in [4.78, 5) is 2.81. The lowest BCUT2D eigenvalue weighted by Gasteiger charge is -2.11. The lowest BCUT2D eigenvalue weighted by molar-refractivity contribution is -0.274. The summed E-state index contributed by atoms with van der Waals surface area (Å²) < 4.78 is 40.8. The fourth-order valence-electron chi connectivity index (χ4n) is 1.54. The van der Waals surface area contributed by atoms with Crippen LogP contribution in [0.5, 0.6) is 5.75 Å². The third kappa shape index (κ3) is 3.44. The van der Waals surface area contributed by atoms with Gasteiger partial charge >= 0.3 is 6.36 Å². The summed E-state index contributed by atoms with van der Waals surface area (Å²) in [5.41, 5.74) is 5.55. The molecule has 0 atom stereocenters. The zero-order valence-corrected chi connectivity index (χ0v) is 9.74. The van der Waals surface area contributed by atoms with Gasteiger partial charge in [0.05, 0.1) is 5.56 Å². The predicted molar refractivity (Wildman–Crippen MR) is 61.3 cm³/mol. The highest BCUT2D eigenvalue weighted by molar-refractivity contribution is 5.63. The third-order valence-electron chi connectivity index (χ3n) is 2.28. The van der Waals surface area contributed by atoms with Crippen LogP contribution >= 0.6 is 0 Å². The number of para-hydroxylation sites is 1. The molecule has 0 aliphatic rings. The van der Waals surface area contributed by atoms with E-state index in [-0.39, 0.29) is 17.1 Å². The number of rotatable bonds is 4. The van der Waals surface area contributed by atoms with E-state index >= 15 is 0 Å². The number of aromatic amines is 1. The molecular formula is C11H11F3N4O. The molecule has 0 aliphatic heterocycles. The number of ether oxygens (including phenoxy) is 1. The molecular weight excluding hydrogens is 261 g/mol. The lowest BCUT2D eigenvalue weighted by atomic mass is 10.2. The van der Waals surface area contributed by atoms with Gasteiger partial charge in [-0.2, -0.15) is 0 Å². The number of nitrogens with one attached hydrogen (secondary N) is 1. The zero-order valence-electron chi connectivity index (χ0n) is 9.74. The van der Waals surface area contributed by atoms with Crippen molar-refractivity contribution in [2.75, 3.05) is 6.54 Å². The van der Waals surface area contributed by atoms with E-state index in [0.29, 0.717) is 18.8 Å². The molecule has 0 saturated heterocycles. The Balaban J connectivity index is 2.32. The summed E-state index contributed by atoms with van der Waals surface area (Å²) in [5.74, 6) is 0.396. The predicted octanol–water partition coefficient (Wildman–Crippen LogP) is 1.87. The van der Waals surface area contributed by atoms with Crippen LogP contribution < -0.4 is 10.5 Å². The highest BCUT2D eigenvalue weighted by Crippen LogP contribution is 2.31. The van der Waals surface area contributed by atoms with E-state index in [0.717, 1.165) is 0 Å². The van der Waals surface area contributed by atoms with Gasteiger partial charge in [-0.3, -0.25) is 0 Å². The number of H-pyrrole nitrogens is 1. The molecule has 0 saturated carbocycles. The minimum atomic E-state index is -4.75. The molecule has 0 fully saturated rings. The van der Waals surface area contributed by atoms with Crippen molar-refractivity contribution in [3.05, 3.63) is 30.1 Å². The number of benzene rings is 1. The third-order valence-corrected chi connectivity index (χ3v) is 2.28. The molecule has 0 spiro atoms. The summed E-state index contributed by atoms with van der Waals surface area (Å²) >= 11 is 0. The normalized spacial score (nSPS) is 11.6. The summed E-state index contributed by atoms with van der Waals surface area (Å²) in [7, 11) is 0. The van der Waals surface area contributed by atoms with Crippen LogP contribution in [0.15, 0.2) is 24.3 Å². The van der Waals surface area contributed by atoms with E-state index in [1.54, 1.807) is 6.07 Å². The molecule has 19 heavy (non-hydrogen) atoms. The Morgan fingerprint density at radius 3 is 2.63 bits per heavy atom. The molecule has 8 heteroatoms. The van der Waals surface area contributed by atoms with E-state index < -0.39 is 6.36 Å².